The number of nitrogens with zero attached hydrogens (tertiary/aromatic N) is 2. The van der Waals surface area contributed by atoms with Crippen LogP contribution in [0.25, 0.3) is 0 Å². The molecule has 5 heteroatoms. The van der Waals surface area contributed by atoms with E-state index in [1.54, 1.807) is 24.5 Å². The molecule has 0 aliphatic heterocycles. The summed E-state index contributed by atoms with van der Waals surface area (Å²) in [4.78, 5) is 8.54. The standard InChI is InChI=1S/C14H14ClN3O/c15-12-3-1-2-4-13(12)19-14-9-17-11(8-18-14)7-16-10-5-6-10/h1-4,8-10,16H,5-7H2. The molecule has 4 nitrogen and oxygen atoms in total. The molecule has 1 aliphatic carbocycles. The highest BCUT2D eigenvalue weighted by Gasteiger charge is 2.20. The zero-order chi connectivity index (χ0) is 13.1. The Hall–Kier alpha value is -1.65. The molecule has 1 aromatic carbocycles. The average Bonchev–Trinajstić information content (AvgIpc) is 3.25. The van der Waals surface area contributed by atoms with Gasteiger partial charge in [-0.05, 0) is 25.0 Å². The van der Waals surface area contributed by atoms with Crippen LogP contribution in [0.4, 0.5) is 0 Å². The zero-order valence-corrected chi connectivity index (χ0v) is 11.1. The van der Waals surface area contributed by atoms with Gasteiger partial charge in [-0.25, -0.2) is 4.98 Å². The molecule has 0 spiro atoms. The minimum absolute atomic E-state index is 0.447. The van der Waals surface area contributed by atoms with Gasteiger partial charge in [0.25, 0.3) is 0 Å². The third-order valence-corrected chi connectivity index (χ3v) is 3.19. The van der Waals surface area contributed by atoms with E-state index >= 15 is 0 Å². The first-order valence-corrected chi connectivity index (χ1v) is 6.66. The number of benzene rings is 1. The van der Waals surface area contributed by atoms with Crippen molar-refractivity contribution in [1.82, 2.24) is 15.3 Å². The Morgan fingerprint density at radius 1 is 1.21 bits per heavy atom. The zero-order valence-electron chi connectivity index (χ0n) is 10.3. The molecule has 0 atom stereocenters. The average molecular weight is 276 g/mol. The smallest absolute Gasteiger partial charge is 0.237 e. The van der Waals surface area contributed by atoms with Gasteiger partial charge in [-0.3, -0.25) is 4.98 Å². The normalized spacial score (nSPS) is 14.4. The molecular formula is C14H14ClN3O. The third-order valence-electron chi connectivity index (χ3n) is 2.88. The molecule has 3 rings (SSSR count). The molecule has 1 aliphatic rings. The Morgan fingerprint density at radius 3 is 2.74 bits per heavy atom. The number of para-hydroxylation sites is 1. The van der Waals surface area contributed by atoms with E-state index < -0.39 is 0 Å². The quantitative estimate of drug-likeness (QED) is 0.910. The molecule has 0 unspecified atom stereocenters. The molecule has 1 saturated carbocycles. The topological polar surface area (TPSA) is 47.0 Å². The number of hydrogen-bond donors (Lipinski definition) is 1. The van der Waals surface area contributed by atoms with Gasteiger partial charge in [0.2, 0.25) is 5.88 Å². The van der Waals surface area contributed by atoms with E-state index in [2.05, 4.69) is 15.3 Å². The Labute approximate surface area is 116 Å². The summed E-state index contributed by atoms with van der Waals surface area (Å²) in [5, 5.41) is 3.95. The Bertz CT molecular complexity index is 555. The summed E-state index contributed by atoms with van der Waals surface area (Å²) in [6.45, 7) is 0.754. The van der Waals surface area contributed by atoms with Gasteiger partial charge in [0.05, 0.1) is 23.1 Å². The summed E-state index contributed by atoms with van der Waals surface area (Å²) >= 11 is 6.01. The van der Waals surface area contributed by atoms with Crippen molar-refractivity contribution in [3.63, 3.8) is 0 Å². The van der Waals surface area contributed by atoms with E-state index in [1.165, 1.54) is 12.8 Å². The fourth-order valence-electron chi connectivity index (χ4n) is 1.66. The van der Waals surface area contributed by atoms with E-state index in [9.17, 15) is 0 Å². The molecule has 1 aromatic heterocycles. The van der Waals surface area contributed by atoms with E-state index in [1.807, 2.05) is 12.1 Å². The lowest BCUT2D eigenvalue weighted by Crippen LogP contribution is -2.16. The monoisotopic (exact) mass is 275 g/mol. The van der Waals surface area contributed by atoms with Gasteiger partial charge in [-0.1, -0.05) is 23.7 Å². The molecule has 0 saturated heterocycles. The van der Waals surface area contributed by atoms with E-state index in [0.717, 1.165) is 12.2 Å². The number of ether oxygens (including phenoxy) is 1. The first kappa shape index (κ1) is 12.4. The van der Waals surface area contributed by atoms with E-state index in [0.29, 0.717) is 22.7 Å². The third kappa shape index (κ3) is 3.43. The summed E-state index contributed by atoms with van der Waals surface area (Å²) in [6, 6.07) is 7.96. The van der Waals surface area contributed by atoms with E-state index in [4.69, 9.17) is 16.3 Å². The minimum Gasteiger partial charge on any atom is -0.436 e. The van der Waals surface area contributed by atoms with Crippen LogP contribution in [0.15, 0.2) is 36.7 Å². The fraction of sp³-hybridized carbons (Fsp3) is 0.286. The Balaban J connectivity index is 1.63. The Morgan fingerprint density at radius 2 is 2.05 bits per heavy atom. The fourth-order valence-corrected chi connectivity index (χ4v) is 1.84. The second-order valence-corrected chi connectivity index (χ2v) is 4.94. The van der Waals surface area contributed by atoms with E-state index in [-0.39, 0.29) is 0 Å². The lowest BCUT2D eigenvalue weighted by Gasteiger charge is -2.06. The molecular weight excluding hydrogens is 262 g/mol. The molecule has 0 radical (unpaired) electrons. The van der Waals surface area contributed by atoms with Crippen LogP contribution in [-0.4, -0.2) is 16.0 Å². The second-order valence-electron chi connectivity index (χ2n) is 4.53. The molecule has 19 heavy (non-hydrogen) atoms. The first-order chi connectivity index (χ1) is 9.31. The maximum Gasteiger partial charge on any atom is 0.237 e. The molecule has 1 fully saturated rings. The molecule has 0 amide bonds. The van der Waals surface area contributed by atoms with Crippen LogP contribution in [0.2, 0.25) is 5.02 Å². The largest absolute Gasteiger partial charge is 0.436 e. The van der Waals surface area contributed by atoms with Gasteiger partial charge >= 0.3 is 0 Å². The number of rotatable bonds is 5. The summed E-state index contributed by atoms with van der Waals surface area (Å²) in [5.74, 6) is 1.03. The Kier molecular flexibility index (Phi) is 3.62. The lowest BCUT2D eigenvalue weighted by molar-refractivity contribution is 0.459. The molecule has 1 heterocycles. The van der Waals surface area contributed by atoms with Crippen molar-refractivity contribution in [3.05, 3.63) is 47.4 Å². The van der Waals surface area contributed by atoms with Crippen LogP contribution in [-0.2, 0) is 6.54 Å². The molecule has 98 valence electrons. The highest BCUT2D eigenvalue weighted by atomic mass is 35.5. The summed E-state index contributed by atoms with van der Waals surface area (Å²) in [6.07, 6.45) is 5.87. The molecule has 1 N–H and O–H groups in total. The minimum atomic E-state index is 0.447. The van der Waals surface area contributed by atoms with Gasteiger partial charge in [-0.2, -0.15) is 0 Å². The summed E-state index contributed by atoms with van der Waals surface area (Å²) < 4.78 is 5.58. The van der Waals surface area contributed by atoms with Gasteiger partial charge in [-0.15, -0.1) is 0 Å². The highest BCUT2D eigenvalue weighted by Crippen LogP contribution is 2.27. The molecule has 0 bridgehead atoms. The maximum atomic E-state index is 6.01. The van der Waals surface area contributed by atoms with Crippen molar-refractivity contribution in [3.8, 4) is 11.6 Å². The van der Waals surface area contributed by atoms with Gasteiger partial charge < -0.3 is 10.1 Å². The van der Waals surface area contributed by atoms with Crippen LogP contribution >= 0.6 is 11.6 Å². The van der Waals surface area contributed by atoms with Crippen molar-refractivity contribution < 1.29 is 4.74 Å². The van der Waals surface area contributed by atoms with Crippen LogP contribution in [0.3, 0.4) is 0 Å². The van der Waals surface area contributed by atoms with Gasteiger partial charge in [0, 0.05) is 12.6 Å². The number of hydrogen-bond acceptors (Lipinski definition) is 4. The maximum absolute atomic E-state index is 6.01. The van der Waals surface area contributed by atoms with Crippen molar-refractivity contribution in [2.75, 3.05) is 0 Å². The SMILES string of the molecule is Clc1ccccc1Oc1cnc(CNC2CC2)cn1. The number of aromatic nitrogens is 2. The van der Waals surface area contributed by atoms with Crippen LogP contribution < -0.4 is 10.1 Å². The van der Waals surface area contributed by atoms with Crippen LogP contribution in [0.5, 0.6) is 11.6 Å². The van der Waals surface area contributed by atoms with Crippen LogP contribution in [0.1, 0.15) is 18.5 Å². The first-order valence-electron chi connectivity index (χ1n) is 6.28. The second kappa shape index (κ2) is 5.55. The predicted molar refractivity (Wildman–Crippen MR) is 73.4 cm³/mol. The van der Waals surface area contributed by atoms with Crippen molar-refractivity contribution in [2.45, 2.75) is 25.4 Å². The van der Waals surface area contributed by atoms with Crippen molar-refractivity contribution in [1.29, 1.82) is 0 Å². The van der Waals surface area contributed by atoms with Crippen LogP contribution in [0, 0.1) is 0 Å². The number of nitrogens with one attached hydrogen (secondary N) is 1. The summed E-state index contributed by atoms with van der Waals surface area (Å²) in [7, 11) is 0. The van der Waals surface area contributed by atoms with Crippen molar-refractivity contribution in [2.24, 2.45) is 0 Å². The summed E-state index contributed by atoms with van der Waals surface area (Å²) in [5.41, 5.74) is 0.915. The number of halogens is 1. The molecule has 2 aromatic rings. The van der Waals surface area contributed by atoms with Gasteiger partial charge in [0.1, 0.15) is 5.75 Å². The lowest BCUT2D eigenvalue weighted by atomic mass is 10.3. The highest BCUT2D eigenvalue weighted by molar-refractivity contribution is 6.32. The van der Waals surface area contributed by atoms with Crippen molar-refractivity contribution >= 4 is 11.6 Å². The predicted octanol–water partition coefficient (Wildman–Crippen LogP) is 3.17. The van der Waals surface area contributed by atoms with Gasteiger partial charge in [0.15, 0.2) is 0 Å².